The molecule has 0 unspecified atom stereocenters. The number of carboxylic acid groups (broad SMARTS) is 2. The minimum atomic E-state index is -0.996. The van der Waals surface area contributed by atoms with Crippen molar-refractivity contribution in [2.75, 3.05) is 26.2 Å². The second-order valence-corrected chi connectivity index (χ2v) is 7.77. The number of nitrogens with zero attached hydrogens (tertiary/aromatic N) is 3. The van der Waals surface area contributed by atoms with E-state index < -0.39 is 18.0 Å². The summed E-state index contributed by atoms with van der Waals surface area (Å²) in [7, 11) is 1.81. The summed E-state index contributed by atoms with van der Waals surface area (Å²) in [5.74, 6) is -1.88. The topological polar surface area (TPSA) is 86.0 Å². The molecular formula is C23H25N3O4. The average Bonchev–Trinajstić information content (AvgIpc) is 3.05. The smallest absolute Gasteiger partial charge is 0.335 e. The minimum absolute atomic E-state index is 0.191. The van der Waals surface area contributed by atoms with Crippen LogP contribution in [0.1, 0.15) is 27.5 Å². The first-order valence-electron chi connectivity index (χ1n) is 9.99. The third kappa shape index (κ3) is 3.94. The van der Waals surface area contributed by atoms with Gasteiger partial charge in [0, 0.05) is 62.4 Å². The van der Waals surface area contributed by atoms with Crippen molar-refractivity contribution in [1.29, 1.82) is 0 Å². The lowest BCUT2D eigenvalue weighted by Crippen LogP contribution is -2.48. The molecule has 0 spiro atoms. The molecule has 2 N–H and O–H groups in total. The Hall–Kier alpha value is -3.16. The molecule has 156 valence electrons. The van der Waals surface area contributed by atoms with Crippen LogP contribution in [0.15, 0.2) is 54.7 Å². The number of aliphatic carboxylic acids is 1. The summed E-state index contributed by atoms with van der Waals surface area (Å²) >= 11 is 0. The van der Waals surface area contributed by atoms with Gasteiger partial charge >= 0.3 is 11.9 Å². The largest absolute Gasteiger partial charge is 0.480 e. The van der Waals surface area contributed by atoms with E-state index >= 15 is 0 Å². The second kappa shape index (κ2) is 8.30. The van der Waals surface area contributed by atoms with E-state index in [1.807, 2.05) is 36.3 Å². The second-order valence-electron chi connectivity index (χ2n) is 7.77. The zero-order chi connectivity index (χ0) is 21.3. The van der Waals surface area contributed by atoms with Gasteiger partial charge in [0.15, 0.2) is 0 Å². The number of benzene rings is 2. The quantitative estimate of drug-likeness (QED) is 0.654. The van der Waals surface area contributed by atoms with E-state index in [1.54, 1.807) is 16.7 Å². The lowest BCUT2D eigenvalue weighted by Gasteiger charge is -2.37. The number of aromatic carboxylic acids is 1. The zero-order valence-electron chi connectivity index (χ0n) is 16.9. The van der Waals surface area contributed by atoms with E-state index in [9.17, 15) is 19.8 Å². The molecule has 1 aromatic heterocycles. The van der Waals surface area contributed by atoms with Gasteiger partial charge in [-0.15, -0.1) is 0 Å². The molecule has 1 aliphatic rings. The number of hydrogen-bond donors (Lipinski definition) is 2. The van der Waals surface area contributed by atoms with Gasteiger partial charge < -0.3 is 14.8 Å². The Morgan fingerprint density at radius 1 is 1.00 bits per heavy atom. The van der Waals surface area contributed by atoms with Crippen LogP contribution < -0.4 is 0 Å². The monoisotopic (exact) mass is 407 g/mol. The van der Waals surface area contributed by atoms with Crippen LogP contribution in [0, 0.1) is 0 Å². The number of piperazine rings is 1. The molecule has 7 nitrogen and oxygen atoms in total. The molecule has 1 saturated heterocycles. The van der Waals surface area contributed by atoms with Crippen molar-refractivity contribution >= 4 is 22.8 Å². The Morgan fingerprint density at radius 3 is 2.33 bits per heavy atom. The van der Waals surface area contributed by atoms with Crippen LogP contribution >= 0.6 is 0 Å². The zero-order valence-corrected chi connectivity index (χ0v) is 16.9. The van der Waals surface area contributed by atoms with Gasteiger partial charge in [0.25, 0.3) is 0 Å². The van der Waals surface area contributed by atoms with Crippen LogP contribution in [0.5, 0.6) is 0 Å². The van der Waals surface area contributed by atoms with Crippen LogP contribution in [-0.4, -0.2) is 62.7 Å². The fourth-order valence-corrected chi connectivity index (χ4v) is 4.27. The predicted octanol–water partition coefficient (Wildman–Crippen LogP) is 2.82. The van der Waals surface area contributed by atoms with E-state index in [1.165, 1.54) is 11.6 Å². The van der Waals surface area contributed by atoms with Crippen molar-refractivity contribution < 1.29 is 19.8 Å². The summed E-state index contributed by atoms with van der Waals surface area (Å²) in [4.78, 5) is 27.9. The Bertz CT molecular complexity index is 1070. The SMILES string of the molecule is Cn1cc([C@@H](C(=O)O)N2CCN(Cc3ccccc3)CC2)c2ccc(C(=O)O)cc21. The third-order valence-electron chi connectivity index (χ3n) is 5.82. The van der Waals surface area contributed by atoms with E-state index in [4.69, 9.17) is 0 Å². The van der Waals surface area contributed by atoms with Crippen LogP contribution in [0.3, 0.4) is 0 Å². The summed E-state index contributed by atoms with van der Waals surface area (Å²) in [6.07, 6.45) is 1.81. The van der Waals surface area contributed by atoms with Crippen molar-refractivity contribution in [2.24, 2.45) is 7.05 Å². The number of rotatable bonds is 6. The van der Waals surface area contributed by atoms with Gasteiger partial charge in [-0.1, -0.05) is 36.4 Å². The van der Waals surface area contributed by atoms with Crippen LogP contribution in [-0.2, 0) is 18.4 Å². The lowest BCUT2D eigenvalue weighted by molar-refractivity contribution is -0.144. The van der Waals surface area contributed by atoms with Crippen molar-refractivity contribution in [2.45, 2.75) is 12.6 Å². The Labute approximate surface area is 174 Å². The maximum atomic E-state index is 12.2. The molecule has 1 atom stereocenters. The molecule has 30 heavy (non-hydrogen) atoms. The lowest BCUT2D eigenvalue weighted by atomic mass is 10.0. The summed E-state index contributed by atoms with van der Waals surface area (Å²) in [5.41, 5.74) is 2.87. The Morgan fingerprint density at radius 2 is 1.70 bits per heavy atom. The van der Waals surface area contributed by atoms with Gasteiger partial charge in [0.1, 0.15) is 6.04 Å². The van der Waals surface area contributed by atoms with E-state index in [2.05, 4.69) is 17.0 Å². The molecule has 0 radical (unpaired) electrons. The van der Waals surface area contributed by atoms with Crippen LogP contribution in [0.2, 0.25) is 0 Å². The maximum absolute atomic E-state index is 12.2. The summed E-state index contributed by atoms with van der Waals surface area (Å²) in [6.45, 7) is 3.78. The molecule has 0 bridgehead atoms. The van der Waals surface area contributed by atoms with E-state index in [-0.39, 0.29) is 5.56 Å². The summed E-state index contributed by atoms with van der Waals surface area (Å²) in [6, 6.07) is 14.4. The van der Waals surface area contributed by atoms with Crippen LogP contribution in [0.25, 0.3) is 10.9 Å². The number of aryl methyl sites for hydroxylation is 1. The number of carboxylic acids is 2. The molecule has 7 heteroatoms. The molecular weight excluding hydrogens is 382 g/mol. The van der Waals surface area contributed by atoms with Crippen molar-refractivity contribution in [3.05, 3.63) is 71.4 Å². The highest BCUT2D eigenvalue weighted by molar-refractivity contribution is 5.96. The highest BCUT2D eigenvalue weighted by Crippen LogP contribution is 2.31. The number of fused-ring (bicyclic) bond motifs is 1. The van der Waals surface area contributed by atoms with Gasteiger partial charge in [-0.2, -0.15) is 0 Å². The first kappa shape index (κ1) is 20.1. The first-order valence-corrected chi connectivity index (χ1v) is 9.99. The standard InChI is InChI=1S/C23H25N3O4/c1-24-15-19(18-8-7-17(22(27)28)13-20(18)24)21(23(29)30)26-11-9-25(10-12-26)14-16-5-3-2-4-6-16/h2-8,13,15,21H,9-12,14H2,1H3,(H,27,28)(H,29,30)/t21-/m0/s1. The van der Waals surface area contributed by atoms with Crippen molar-refractivity contribution in [3.63, 3.8) is 0 Å². The number of hydrogen-bond acceptors (Lipinski definition) is 4. The molecule has 2 aromatic carbocycles. The summed E-state index contributed by atoms with van der Waals surface area (Å²) in [5, 5.41) is 20.1. The first-order chi connectivity index (χ1) is 14.4. The Kier molecular flexibility index (Phi) is 5.57. The average molecular weight is 407 g/mol. The van der Waals surface area contributed by atoms with Crippen LogP contribution in [0.4, 0.5) is 0 Å². The fraction of sp³-hybridized carbons (Fsp3) is 0.304. The molecule has 4 rings (SSSR count). The molecule has 3 aromatic rings. The third-order valence-corrected chi connectivity index (χ3v) is 5.82. The molecule has 0 amide bonds. The van der Waals surface area contributed by atoms with Gasteiger partial charge in [-0.25, -0.2) is 4.79 Å². The van der Waals surface area contributed by atoms with E-state index in [0.29, 0.717) is 18.7 Å². The maximum Gasteiger partial charge on any atom is 0.335 e. The molecule has 0 aliphatic carbocycles. The molecule has 1 fully saturated rings. The molecule has 0 saturated carbocycles. The summed E-state index contributed by atoms with van der Waals surface area (Å²) < 4.78 is 1.80. The molecule has 2 heterocycles. The van der Waals surface area contributed by atoms with Gasteiger partial charge in [0.05, 0.1) is 5.56 Å². The Balaban J connectivity index is 1.55. The van der Waals surface area contributed by atoms with Gasteiger partial charge in [-0.3, -0.25) is 14.6 Å². The fourth-order valence-electron chi connectivity index (χ4n) is 4.27. The number of carbonyl (C=O) groups is 2. The van der Waals surface area contributed by atoms with Gasteiger partial charge in [0.2, 0.25) is 0 Å². The van der Waals surface area contributed by atoms with Crippen molar-refractivity contribution in [1.82, 2.24) is 14.4 Å². The van der Waals surface area contributed by atoms with Crippen molar-refractivity contribution in [3.8, 4) is 0 Å². The van der Waals surface area contributed by atoms with E-state index in [0.717, 1.165) is 30.5 Å². The minimum Gasteiger partial charge on any atom is -0.480 e. The number of aromatic nitrogens is 1. The predicted molar refractivity (Wildman–Crippen MR) is 114 cm³/mol. The van der Waals surface area contributed by atoms with Gasteiger partial charge in [-0.05, 0) is 17.7 Å². The highest BCUT2D eigenvalue weighted by Gasteiger charge is 2.32. The normalized spacial score (nSPS) is 16.6. The molecule has 1 aliphatic heterocycles. The highest BCUT2D eigenvalue weighted by atomic mass is 16.4.